The Labute approximate surface area is 86.0 Å². The van der Waals surface area contributed by atoms with Crippen LogP contribution in [0.1, 0.15) is 25.7 Å². The van der Waals surface area contributed by atoms with Gasteiger partial charge in [-0.25, -0.2) is 0 Å². The Morgan fingerprint density at radius 2 is 1.93 bits per heavy atom. The monoisotopic (exact) mass is 195 g/mol. The Morgan fingerprint density at radius 1 is 1.21 bits per heavy atom. The molecule has 14 heavy (non-hydrogen) atoms. The second-order valence-corrected chi connectivity index (χ2v) is 5.55. The van der Waals surface area contributed by atoms with Crippen molar-refractivity contribution in [2.75, 3.05) is 26.2 Å². The van der Waals surface area contributed by atoms with Crippen LogP contribution in [0.2, 0.25) is 0 Å². The zero-order valence-corrected chi connectivity index (χ0v) is 8.84. The molecule has 0 bridgehead atoms. The van der Waals surface area contributed by atoms with Crippen LogP contribution in [-0.2, 0) is 0 Å². The normalized spacial score (nSPS) is 31.5. The summed E-state index contributed by atoms with van der Waals surface area (Å²) < 4.78 is 0. The number of hydrogen-bond acceptors (Lipinski definition) is 3. The summed E-state index contributed by atoms with van der Waals surface area (Å²) in [7, 11) is 0. The molecular formula is C11H21N3. The van der Waals surface area contributed by atoms with Crippen molar-refractivity contribution in [3.63, 3.8) is 0 Å². The fraction of sp³-hybridized carbons (Fsp3) is 1.00. The van der Waals surface area contributed by atoms with Gasteiger partial charge >= 0.3 is 0 Å². The van der Waals surface area contributed by atoms with E-state index in [1.54, 1.807) is 0 Å². The number of nitrogens with one attached hydrogen (secondary N) is 1. The molecule has 0 aromatic carbocycles. The van der Waals surface area contributed by atoms with Gasteiger partial charge in [0.05, 0.1) is 0 Å². The minimum Gasteiger partial charge on any atom is -0.329 e. The van der Waals surface area contributed by atoms with Crippen LogP contribution in [0, 0.1) is 5.41 Å². The van der Waals surface area contributed by atoms with Gasteiger partial charge in [-0.2, -0.15) is 0 Å². The third-order valence-electron chi connectivity index (χ3n) is 3.97. The number of likely N-dealkylation sites (tertiary alicyclic amines) is 1. The van der Waals surface area contributed by atoms with Crippen LogP contribution >= 0.6 is 0 Å². The van der Waals surface area contributed by atoms with E-state index in [-0.39, 0.29) is 0 Å². The molecule has 80 valence electrons. The van der Waals surface area contributed by atoms with Gasteiger partial charge in [0.2, 0.25) is 0 Å². The van der Waals surface area contributed by atoms with Crippen LogP contribution in [0.4, 0.5) is 0 Å². The lowest BCUT2D eigenvalue weighted by atomic mass is 9.60. The number of nitrogens with zero attached hydrogens (tertiary/aromatic N) is 1. The van der Waals surface area contributed by atoms with Crippen molar-refractivity contribution >= 4 is 0 Å². The number of rotatable bonds is 4. The largest absolute Gasteiger partial charge is 0.329 e. The number of nitrogens with two attached hydrogens (primary N) is 1. The minimum atomic E-state index is 0.710. The van der Waals surface area contributed by atoms with Crippen LogP contribution in [-0.4, -0.2) is 43.2 Å². The van der Waals surface area contributed by atoms with Gasteiger partial charge in [-0.3, -0.25) is 0 Å². The molecule has 0 aromatic heterocycles. The lowest BCUT2D eigenvalue weighted by Gasteiger charge is -2.59. The third kappa shape index (κ3) is 1.58. The van der Waals surface area contributed by atoms with Gasteiger partial charge in [0.1, 0.15) is 0 Å². The Bertz CT molecular complexity index is 211. The van der Waals surface area contributed by atoms with Crippen LogP contribution in [0.25, 0.3) is 0 Å². The van der Waals surface area contributed by atoms with Gasteiger partial charge in [0, 0.05) is 38.3 Å². The molecule has 2 aliphatic carbocycles. The van der Waals surface area contributed by atoms with Gasteiger partial charge in [-0.05, 0) is 31.1 Å². The van der Waals surface area contributed by atoms with Crippen molar-refractivity contribution in [2.45, 2.75) is 37.8 Å². The second-order valence-electron chi connectivity index (χ2n) is 5.55. The van der Waals surface area contributed by atoms with Crippen molar-refractivity contribution in [3.05, 3.63) is 0 Å². The Kier molecular flexibility index (Phi) is 2.08. The maximum absolute atomic E-state index is 5.53. The first-order valence-corrected chi connectivity index (χ1v) is 5.98. The maximum Gasteiger partial charge on any atom is 0.0105 e. The predicted octanol–water partition coefficient (Wildman–Crippen LogP) is 0.162. The van der Waals surface area contributed by atoms with E-state index in [0.717, 1.165) is 25.2 Å². The van der Waals surface area contributed by atoms with Crippen molar-refractivity contribution in [3.8, 4) is 0 Å². The maximum atomic E-state index is 5.53. The quantitative estimate of drug-likeness (QED) is 0.671. The first-order chi connectivity index (χ1) is 6.80. The molecule has 3 aliphatic rings. The van der Waals surface area contributed by atoms with Crippen molar-refractivity contribution in [1.29, 1.82) is 0 Å². The van der Waals surface area contributed by atoms with Crippen LogP contribution in [0.3, 0.4) is 0 Å². The highest BCUT2D eigenvalue weighted by Gasteiger charge is 2.52. The zero-order chi connectivity index (χ0) is 9.60. The highest BCUT2D eigenvalue weighted by Crippen LogP contribution is 2.48. The SMILES string of the molecule is NCCN1CC2(CC(NC3CC3)C2)C1. The lowest BCUT2D eigenvalue weighted by Crippen LogP contribution is -2.66. The molecule has 3 nitrogen and oxygen atoms in total. The smallest absolute Gasteiger partial charge is 0.0105 e. The average molecular weight is 195 g/mol. The summed E-state index contributed by atoms with van der Waals surface area (Å²) in [4.78, 5) is 2.49. The Morgan fingerprint density at radius 3 is 2.50 bits per heavy atom. The van der Waals surface area contributed by atoms with Gasteiger partial charge in [0.25, 0.3) is 0 Å². The molecule has 1 aliphatic heterocycles. The molecular weight excluding hydrogens is 174 g/mol. The molecule has 0 atom stereocenters. The molecule has 0 amide bonds. The topological polar surface area (TPSA) is 41.3 Å². The first kappa shape index (κ1) is 9.13. The standard InChI is InChI=1S/C11H21N3/c12-3-4-14-7-11(8-14)5-10(6-11)13-9-1-2-9/h9-10,13H,1-8,12H2. The molecule has 1 heterocycles. The molecule has 0 unspecified atom stereocenters. The Balaban J connectivity index is 1.37. The molecule has 2 saturated carbocycles. The van der Waals surface area contributed by atoms with Crippen molar-refractivity contribution in [2.24, 2.45) is 11.1 Å². The molecule has 3 rings (SSSR count). The van der Waals surface area contributed by atoms with Crippen LogP contribution in [0.15, 0.2) is 0 Å². The number of hydrogen-bond donors (Lipinski definition) is 2. The van der Waals surface area contributed by atoms with Crippen LogP contribution in [0.5, 0.6) is 0 Å². The van der Waals surface area contributed by atoms with Gasteiger partial charge in [-0.1, -0.05) is 0 Å². The second kappa shape index (κ2) is 3.19. The fourth-order valence-corrected chi connectivity index (χ4v) is 3.19. The van der Waals surface area contributed by atoms with Gasteiger partial charge in [-0.15, -0.1) is 0 Å². The van der Waals surface area contributed by atoms with E-state index in [4.69, 9.17) is 5.73 Å². The summed E-state index contributed by atoms with van der Waals surface area (Å²) in [6, 6.07) is 1.74. The summed E-state index contributed by atoms with van der Waals surface area (Å²) in [6.07, 6.45) is 5.68. The van der Waals surface area contributed by atoms with Gasteiger partial charge < -0.3 is 16.0 Å². The van der Waals surface area contributed by atoms with Crippen molar-refractivity contribution < 1.29 is 0 Å². The summed E-state index contributed by atoms with van der Waals surface area (Å²) in [6.45, 7) is 4.54. The van der Waals surface area contributed by atoms with E-state index >= 15 is 0 Å². The molecule has 0 radical (unpaired) electrons. The highest BCUT2D eigenvalue weighted by molar-refractivity contribution is 5.08. The van der Waals surface area contributed by atoms with E-state index in [9.17, 15) is 0 Å². The summed E-state index contributed by atoms with van der Waals surface area (Å²) >= 11 is 0. The molecule has 3 N–H and O–H groups in total. The van der Waals surface area contributed by atoms with E-state index in [1.165, 1.54) is 38.8 Å². The molecule has 3 heteroatoms. The van der Waals surface area contributed by atoms with E-state index in [1.807, 2.05) is 0 Å². The average Bonchev–Trinajstić information content (AvgIpc) is 2.80. The fourth-order valence-electron chi connectivity index (χ4n) is 3.19. The summed E-state index contributed by atoms with van der Waals surface area (Å²) in [5, 5.41) is 3.72. The minimum absolute atomic E-state index is 0.710. The van der Waals surface area contributed by atoms with Crippen LogP contribution < -0.4 is 11.1 Å². The Hall–Kier alpha value is -0.120. The third-order valence-corrected chi connectivity index (χ3v) is 3.97. The zero-order valence-electron chi connectivity index (χ0n) is 8.84. The van der Waals surface area contributed by atoms with E-state index < -0.39 is 0 Å². The van der Waals surface area contributed by atoms with Gasteiger partial charge in [0.15, 0.2) is 0 Å². The summed E-state index contributed by atoms with van der Waals surface area (Å²) in [5.74, 6) is 0. The molecule has 0 aromatic rings. The van der Waals surface area contributed by atoms with Crippen molar-refractivity contribution in [1.82, 2.24) is 10.2 Å². The first-order valence-electron chi connectivity index (χ1n) is 5.98. The van der Waals surface area contributed by atoms with E-state index in [2.05, 4.69) is 10.2 Å². The lowest BCUT2D eigenvalue weighted by molar-refractivity contribution is -0.0771. The molecule has 1 spiro atoms. The summed E-state index contributed by atoms with van der Waals surface area (Å²) in [5.41, 5.74) is 6.24. The van der Waals surface area contributed by atoms with E-state index in [0.29, 0.717) is 5.41 Å². The molecule has 1 saturated heterocycles. The highest BCUT2D eigenvalue weighted by atomic mass is 15.2. The predicted molar refractivity (Wildman–Crippen MR) is 57.1 cm³/mol. The molecule has 3 fully saturated rings.